The quantitative estimate of drug-likeness (QED) is 0.193. The number of anilines is 1. The number of nitrogens with zero attached hydrogens (tertiary/aromatic N) is 1. The monoisotopic (exact) mass is 594 g/mol. The topological polar surface area (TPSA) is 105 Å². The number of halogens is 3. The average Bonchev–Trinajstić information content (AvgIpc) is 2.81. The van der Waals surface area contributed by atoms with Crippen molar-refractivity contribution in [3.8, 4) is 17.6 Å². The fourth-order valence-corrected chi connectivity index (χ4v) is 4.76. The summed E-state index contributed by atoms with van der Waals surface area (Å²) < 4.78 is 36.3. The summed E-state index contributed by atoms with van der Waals surface area (Å²) in [6.45, 7) is 1.84. The lowest BCUT2D eigenvalue weighted by Gasteiger charge is -2.14. The largest absolute Gasteiger partial charge is 0.493 e. The first-order chi connectivity index (χ1) is 16.5. The van der Waals surface area contributed by atoms with Crippen molar-refractivity contribution in [2.45, 2.75) is 11.8 Å². The van der Waals surface area contributed by atoms with Crippen molar-refractivity contribution in [2.24, 2.45) is 0 Å². The van der Waals surface area contributed by atoms with E-state index in [9.17, 15) is 18.5 Å². The Balaban J connectivity index is 1.90. The zero-order valence-electron chi connectivity index (χ0n) is 18.3. The molecule has 1 amide bonds. The molecular weight excluding hydrogens is 579 g/mol. The predicted molar refractivity (Wildman–Crippen MR) is 138 cm³/mol. The molecular formula is C24H17BrCl2N2O5S. The molecule has 0 atom stereocenters. The molecule has 0 saturated heterocycles. The summed E-state index contributed by atoms with van der Waals surface area (Å²) >= 11 is 15.1. The van der Waals surface area contributed by atoms with Crippen molar-refractivity contribution in [3.63, 3.8) is 0 Å². The van der Waals surface area contributed by atoms with Crippen molar-refractivity contribution in [3.05, 3.63) is 85.8 Å². The second-order valence-electron chi connectivity index (χ2n) is 7.14. The highest BCUT2D eigenvalue weighted by atomic mass is 79.9. The van der Waals surface area contributed by atoms with Gasteiger partial charge in [-0.25, -0.2) is 0 Å². The molecule has 0 spiro atoms. The third-order valence-corrected chi connectivity index (χ3v) is 7.17. The first-order valence-electron chi connectivity index (χ1n) is 9.81. The van der Waals surface area contributed by atoms with Gasteiger partial charge >= 0.3 is 10.1 Å². The summed E-state index contributed by atoms with van der Waals surface area (Å²) in [5, 5.41) is 12.6. The van der Waals surface area contributed by atoms with Gasteiger partial charge in [0.15, 0.2) is 11.5 Å². The molecule has 180 valence electrons. The molecule has 35 heavy (non-hydrogen) atoms. The molecule has 0 aromatic heterocycles. The molecule has 0 aliphatic carbocycles. The first kappa shape index (κ1) is 26.6. The number of amides is 1. The Kier molecular flexibility index (Phi) is 8.46. The van der Waals surface area contributed by atoms with Crippen LogP contribution in [0.25, 0.3) is 6.08 Å². The molecule has 3 aromatic carbocycles. The summed E-state index contributed by atoms with van der Waals surface area (Å²) in [6, 6.07) is 15.5. The van der Waals surface area contributed by atoms with Crippen molar-refractivity contribution >= 4 is 66.9 Å². The van der Waals surface area contributed by atoms with Gasteiger partial charge < -0.3 is 14.2 Å². The number of hydrogen-bond donors (Lipinski definition) is 1. The molecule has 7 nitrogen and oxygen atoms in total. The fraction of sp³-hybridized carbons (Fsp3) is 0.0833. The van der Waals surface area contributed by atoms with E-state index in [1.54, 1.807) is 18.2 Å². The third kappa shape index (κ3) is 6.55. The number of hydrogen-bond acceptors (Lipinski definition) is 6. The Morgan fingerprint density at radius 3 is 2.37 bits per heavy atom. The van der Waals surface area contributed by atoms with Gasteiger partial charge in [-0.15, -0.1) is 0 Å². The molecule has 0 aliphatic heterocycles. The molecule has 0 aliphatic rings. The zero-order valence-corrected chi connectivity index (χ0v) is 22.2. The van der Waals surface area contributed by atoms with E-state index >= 15 is 0 Å². The fourth-order valence-electron chi connectivity index (χ4n) is 2.85. The number of carbonyl (C=O) groups excluding carboxylic acids is 1. The number of methoxy groups -OCH3 is 1. The van der Waals surface area contributed by atoms with Gasteiger partial charge in [0.2, 0.25) is 0 Å². The number of nitriles is 1. The van der Waals surface area contributed by atoms with Gasteiger partial charge in [-0.3, -0.25) is 4.79 Å². The van der Waals surface area contributed by atoms with E-state index < -0.39 is 16.0 Å². The summed E-state index contributed by atoms with van der Waals surface area (Å²) in [4.78, 5) is 12.6. The van der Waals surface area contributed by atoms with Crippen LogP contribution < -0.4 is 14.2 Å². The van der Waals surface area contributed by atoms with Crippen molar-refractivity contribution in [1.29, 1.82) is 5.26 Å². The van der Waals surface area contributed by atoms with E-state index in [2.05, 4.69) is 21.2 Å². The maximum Gasteiger partial charge on any atom is 0.339 e. The molecule has 0 bridgehead atoms. The van der Waals surface area contributed by atoms with E-state index in [1.165, 1.54) is 49.6 Å². The Labute approximate surface area is 221 Å². The zero-order chi connectivity index (χ0) is 25.8. The van der Waals surface area contributed by atoms with Crippen molar-refractivity contribution in [1.82, 2.24) is 0 Å². The third-order valence-electron chi connectivity index (χ3n) is 4.61. The Hall–Kier alpha value is -3.03. The number of rotatable bonds is 7. The molecule has 0 saturated carbocycles. The van der Waals surface area contributed by atoms with Gasteiger partial charge in [-0.2, -0.15) is 13.7 Å². The number of carbonyl (C=O) groups is 1. The van der Waals surface area contributed by atoms with E-state index in [1.807, 2.05) is 13.0 Å². The number of benzene rings is 3. The molecule has 3 rings (SSSR count). The standard InChI is InChI=1S/C24H17BrCl2N2O5S/c1-14-3-6-18(7-4-14)35(31,32)34-23-19(25)10-15(11-22(23)33-2)9-16(13-28)24(30)29-17-5-8-20(26)21(27)12-17/h3-12H,1-2H3,(H,29,30)/b16-9-. The van der Waals surface area contributed by atoms with Gasteiger partial charge in [0.05, 0.1) is 21.6 Å². The second-order valence-corrected chi connectivity index (χ2v) is 10.4. The molecule has 3 aromatic rings. The minimum Gasteiger partial charge on any atom is -0.493 e. The normalized spacial score (nSPS) is 11.5. The maximum atomic E-state index is 12.7. The lowest BCUT2D eigenvalue weighted by Crippen LogP contribution is -2.13. The van der Waals surface area contributed by atoms with Crippen LogP contribution in [-0.4, -0.2) is 21.4 Å². The van der Waals surface area contributed by atoms with Gasteiger partial charge in [-0.1, -0.05) is 40.9 Å². The highest BCUT2D eigenvalue weighted by Gasteiger charge is 2.22. The molecule has 0 fully saturated rings. The van der Waals surface area contributed by atoms with Crippen LogP contribution in [0.1, 0.15) is 11.1 Å². The minimum atomic E-state index is -4.14. The Bertz CT molecular complexity index is 1470. The van der Waals surface area contributed by atoms with Crippen LogP contribution in [0.4, 0.5) is 5.69 Å². The number of nitrogens with one attached hydrogen (secondary N) is 1. The van der Waals surface area contributed by atoms with Gasteiger partial charge in [0.1, 0.15) is 16.5 Å². The average molecular weight is 596 g/mol. The van der Waals surface area contributed by atoms with Crippen LogP contribution in [0, 0.1) is 18.3 Å². The SMILES string of the molecule is COc1cc(/C=C(/C#N)C(=O)Nc2ccc(Cl)c(Cl)c2)cc(Br)c1OS(=O)(=O)c1ccc(C)cc1. The van der Waals surface area contributed by atoms with E-state index in [-0.39, 0.29) is 31.5 Å². The smallest absolute Gasteiger partial charge is 0.339 e. The summed E-state index contributed by atoms with van der Waals surface area (Å²) in [5.74, 6) is -0.685. The van der Waals surface area contributed by atoms with Crippen molar-refractivity contribution < 1.29 is 22.1 Å². The minimum absolute atomic E-state index is 0.0215. The van der Waals surface area contributed by atoms with Gasteiger partial charge in [0, 0.05) is 5.69 Å². The van der Waals surface area contributed by atoms with Crippen LogP contribution >= 0.6 is 39.1 Å². The van der Waals surface area contributed by atoms with Crippen LogP contribution in [0.2, 0.25) is 10.0 Å². The van der Waals surface area contributed by atoms with Crippen LogP contribution in [0.15, 0.2) is 69.5 Å². The van der Waals surface area contributed by atoms with E-state index in [0.29, 0.717) is 16.3 Å². The Morgan fingerprint density at radius 2 is 1.77 bits per heavy atom. The molecule has 0 heterocycles. The van der Waals surface area contributed by atoms with Crippen LogP contribution in [0.3, 0.4) is 0 Å². The highest BCUT2D eigenvalue weighted by Crippen LogP contribution is 2.39. The summed E-state index contributed by atoms with van der Waals surface area (Å²) in [7, 11) is -2.81. The lowest BCUT2D eigenvalue weighted by atomic mass is 10.1. The van der Waals surface area contributed by atoms with Gasteiger partial charge in [0.25, 0.3) is 5.91 Å². The Morgan fingerprint density at radius 1 is 1.09 bits per heavy atom. The van der Waals surface area contributed by atoms with E-state index in [0.717, 1.165) is 5.56 Å². The summed E-state index contributed by atoms with van der Waals surface area (Å²) in [6.07, 6.45) is 1.32. The van der Waals surface area contributed by atoms with Crippen molar-refractivity contribution in [2.75, 3.05) is 12.4 Å². The molecule has 1 N–H and O–H groups in total. The highest BCUT2D eigenvalue weighted by molar-refractivity contribution is 9.10. The lowest BCUT2D eigenvalue weighted by molar-refractivity contribution is -0.112. The van der Waals surface area contributed by atoms with E-state index in [4.69, 9.17) is 32.1 Å². The van der Waals surface area contributed by atoms with Crippen LogP contribution in [-0.2, 0) is 14.9 Å². The molecule has 0 radical (unpaired) electrons. The second kappa shape index (κ2) is 11.1. The number of aryl methyl sites for hydroxylation is 1. The first-order valence-corrected chi connectivity index (χ1v) is 12.8. The summed E-state index contributed by atoms with van der Waals surface area (Å²) in [5.41, 5.74) is 1.42. The predicted octanol–water partition coefficient (Wildman–Crippen LogP) is 6.39. The molecule has 11 heteroatoms. The van der Waals surface area contributed by atoms with Crippen LogP contribution in [0.5, 0.6) is 11.5 Å². The molecule has 0 unspecified atom stereocenters. The number of ether oxygens (including phenoxy) is 1. The van der Waals surface area contributed by atoms with Gasteiger partial charge in [-0.05, 0) is 77.0 Å². The maximum absolute atomic E-state index is 12.7.